The van der Waals surface area contributed by atoms with Crippen molar-refractivity contribution >= 4 is 11.6 Å². The van der Waals surface area contributed by atoms with Gasteiger partial charge in [0.15, 0.2) is 0 Å². The molecule has 4 heteroatoms. The number of nitrogens with two attached hydrogens (primary N) is 1. The monoisotopic (exact) mass is 235 g/mol. The lowest BCUT2D eigenvalue weighted by Gasteiger charge is -2.06. The fraction of sp³-hybridized carbons (Fsp3) is 0.250. The highest BCUT2D eigenvalue weighted by molar-refractivity contribution is 6.33. The summed E-state index contributed by atoms with van der Waals surface area (Å²) in [5.74, 6) is 0. The Bertz CT molecular complexity index is 503. The average Bonchev–Trinajstić information content (AvgIpc) is 2.61. The van der Waals surface area contributed by atoms with Gasteiger partial charge in [0.1, 0.15) is 0 Å². The van der Waals surface area contributed by atoms with E-state index in [1.807, 2.05) is 44.4 Å². The Morgan fingerprint density at radius 3 is 2.62 bits per heavy atom. The first kappa shape index (κ1) is 11.2. The molecule has 0 spiro atoms. The molecule has 1 aromatic carbocycles. The molecule has 2 aromatic rings. The molecule has 0 saturated carbocycles. The summed E-state index contributed by atoms with van der Waals surface area (Å²) in [6, 6.07) is 7.61. The molecule has 0 aliphatic heterocycles. The van der Waals surface area contributed by atoms with E-state index in [0.717, 1.165) is 21.8 Å². The predicted molar refractivity (Wildman–Crippen MR) is 66.3 cm³/mol. The summed E-state index contributed by atoms with van der Waals surface area (Å²) in [5.41, 5.74) is 8.75. The van der Waals surface area contributed by atoms with Crippen LogP contribution in [0.25, 0.3) is 11.1 Å². The van der Waals surface area contributed by atoms with E-state index < -0.39 is 0 Å². The van der Waals surface area contributed by atoms with Crippen molar-refractivity contribution in [3.8, 4) is 11.1 Å². The maximum absolute atomic E-state index is 6.17. The maximum Gasteiger partial charge on any atom is 0.0867 e. The SMILES string of the molecule is CC(N)c1nn(C)cc1-c1ccccc1Cl. The van der Waals surface area contributed by atoms with Crippen molar-refractivity contribution in [1.82, 2.24) is 9.78 Å². The van der Waals surface area contributed by atoms with Gasteiger partial charge in [-0.05, 0) is 13.0 Å². The van der Waals surface area contributed by atoms with Gasteiger partial charge in [-0.3, -0.25) is 4.68 Å². The van der Waals surface area contributed by atoms with Gasteiger partial charge in [-0.1, -0.05) is 29.8 Å². The minimum Gasteiger partial charge on any atom is -0.323 e. The number of aryl methyl sites for hydroxylation is 1. The topological polar surface area (TPSA) is 43.8 Å². The van der Waals surface area contributed by atoms with Crippen molar-refractivity contribution < 1.29 is 0 Å². The highest BCUT2D eigenvalue weighted by atomic mass is 35.5. The molecular formula is C12H14ClN3. The molecule has 16 heavy (non-hydrogen) atoms. The summed E-state index contributed by atoms with van der Waals surface area (Å²) in [6.07, 6.45) is 1.94. The van der Waals surface area contributed by atoms with Crippen molar-refractivity contribution in [2.24, 2.45) is 12.8 Å². The second kappa shape index (κ2) is 4.28. The zero-order chi connectivity index (χ0) is 11.7. The van der Waals surface area contributed by atoms with Crippen LogP contribution in [0.15, 0.2) is 30.5 Å². The second-order valence-electron chi connectivity index (χ2n) is 3.87. The minimum atomic E-state index is -0.104. The molecule has 2 N–H and O–H groups in total. The molecule has 0 amide bonds. The fourth-order valence-corrected chi connectivity index (χ4v) is 1.97. The van der Waals surface area contributed by atoms with E-state index >= 15 is 0 Å². The van der Waals surface area contributed by atoms with Gasteiger partial charge < -0.3 is 5.73 Å². The van der Waals surface area contributed by atoms with E-state index in [1.54, 1.807) is 4.68 Å². The van der Waals surface area contributed by atoms with Crippen LogP contribution in [0, 0.1) is 0 Å². The normalized spacial score (nSPS) is 12.8. The fourth-order valence-electron chi connectivity index (χ4n) is 1.73. The van der Waals surface area contributed by atoms with Gasteiger partial charge in [-0.25, -0.2) is 0 Å². The lowest BCUT2D eigenvalue weighted by molar-refractivity contribution is 0.699. The molecule has 3 nitrogen and oxygen atoms in total. The van der Waals surface area contributed by atoms with Crippen molar-refractivity contribution in [1.29, 1.82) is 0 Å². The van der Waals surface area contributed by atoms with Gasteiger partial charge in [0.05, 0.1) is 5.69 Å². The third-order valence-electron chi connectivity index (χ3n) is 2.45. The molecule has 1 atom stereocenters. The first-order valence-electron chi connectivity index (χ1n) is 5.13. The van der Waals surface area contributed by atoms with Crippen LogP contribution >= 0.6 is 11.6 Å². The lowest BCUT2D eigenvalue weighted by atomic mass is 10.0. The van der Waals surface area contributed by atoms with Gasteiger partial charge in [-0.2, -0.15) is 5.10 Å². The number of nitrogens with zero attached hydrogens (tertiary/aromatic N) is 2. The Balaban J connectivity index is 2.60. The molecule has 0 bridgehead atoms. The Labute approximate surface area is 99.8 Å². The highest BCUT2D eigenvalue weighted by Crippen LogP contribution is 2.31. The van der Waals surface area contributed by atoms with Crippen LogP contribution in [-0.4, -0.2) is 9.78 Å². The summed E-state index contributed by atoms with van der Waals surface area (Å²) in [4.78, 5) is 0. The van der Waals surface area contributed by atoms with Crippen molar-refractivity contribution in [2.75, 3.05) is 0 Å². The van der Waals surface area contributed by atoms with Gasteiger partial charge in [0.25, 0.3) is 0 Å². The molecule has 0 fully saturated rings. The summed E-state index contributed by atoms with van der Waals surface area (Å²) >= 11 is 6.17. The first-order valence-corrected chi connectivity index (χ1v) is 5.51. The molecule has 2 rings (SSSR count). The van der Waals surface area contributed by atoms with Gasteiger partial charge in [0.2, 0.25) is 0 Å². The molecule has 0 radical (unpaired) electrons. The molecule has 0 aliphatic carbocycles. The molecule has 1 unspecified atom stereocenters. The molecule has 0 saturated heterocycles. The average molecular weight is 236 g/mol. The van der Waals surface area contributed by atoms with Crippen molar-refractivity contribution in [3.63, 3.8) is 0 Å². The standard InChI is InChI=1S/C12H14ClN3/c1-8(14)12-10(7-16(2)15-12)9-5-3-4-6-11(9)13/h3-8H,14H2,1-2H3. The highest BCUT2D eigenvalue weighted by Gasteiger charge is 2.14. The van der Waals surface area contributed by atoms with Crippen molar-refractivity contribution in [3.05, 3.63) is 41.2 Å². The summed E-state index contributed by atoms with van der Waals surface area (Å²) in [6.45, 7) is 1.92. The minimum absolute atomic E-state index is 0.104. The Morgan fingerprint density at radius 1 is 1.31 bits per heavy atom. The molecule has 84 valence electrons. The lowest BCUT2D eigenvalue weighted by Crippen LogP contribution is -2.07. The Morgan fingerprint density at radius 2 is 2.00 bits per heavy atom. The van der Waals surface area contributed by atoms with E-state index in [4.69, 9.17) is 17.3 Å². The molecule has 1 aromatic heterocycles. The van der Waals surface area contributed by atoms with Crippen LogP contribution in [0.3, 0.4) is 0 Å². The van der Waals surface area contributed by atoms with Gasteiger partial charge >= 0.3 is 0 Å². The van der Waals surface area contributed by atoms with Gasteiger partial charge in [0, 0.05) is 35.4 Å². The van der Waals surface area contributed by atoms with Crippen LogP contribution in [0.1, 0.15) is 18.7 Å². The van der Waals surface area contributed by atoms with E-state index in [-0.39, 0.29) is 6.04 Å². The third-order valence-corrected chi connectivity index (χ3v) is 2.78. The number of hydrogen-bond acceptors (Lipinski definition) is 2. The van der Waals surface area contributed by atoms with Crippen molar-refractivity contribution in [2.45, 2.75) is 13.0 Å². The number of halogens is 1. The summed E-state index contributed by atoms with van der Waals surface area (Å²) in [5, 5.41) is 5.08. The summed E-state index contributed by atoms with van der Waals surface area (Å²) in [7, 11) is 1.88. The van der Waals surface area contributed by atoms with Crippen LogP contribution < -0.4 is 5.73 Å². The van der Waals surface area contributed by atoms with Gasteiger partial charge in [-0.15, -0.1) is 0 Å². The third kappa shape index (κ3) is 1.96. The van der Waals surface area contributed by atoms with Crippen LogP contribution in [0.2, 0.25) is 5.02 Å². The largest absolute Gasteiger partial charge is 0.323 e. The van der Waals surface area contributed by atoms with Crippen LogP contribution in [0.4, 0.5) is 0 Å². The van der Waals surface area contributed by atoms with E-state index in [1.165, 1.54) is 0 Å². The zero-order valence-corrected chi connectivity index (χ0v) is 10.1. The number of benzene rings is 1. The number of rotatable bonds is 2. The summed E-state index contributed by atoms with van der Waals surface area (Å²) < 4.78 is 1.76. The quantitative estimate of drug-likeness (QED) is 0.870. The Kier molecular flexibility index (Phi) is 2.99. The molecule has 1 heterocycles. The number of hydrogen-bond donors (Lipinski definition) is 1. The first-order chi connectivity index (χ1) is 7.59. The second-order valence-corrected chi connectivity index (χ2v) is 4.28. The van der Waals surface area contributed by atoms with E-state index in [9.17, 15) is 0 Å². The number of aromatic nitrogens is 2. The molecule has 0 aliphatic rings. The predicted octanol–water partition coefficient (Wildman–Crippen LogP) is 2.76. The molecular weight excluding hydrogens is 222 g/mol. The smallest absolute Gasteiger partial charge is 0.0867 e. The van der Waals surface area contributed by atoms with E-state index in [2.05, 4.69) is 5.10 Å². The van der Waals surface area contributed by atoms with E-state index in [0.29, 0.717) is 0 Å². The van der Waals surface area contributed by atoms with Crippen LogP contribution in [-0.2, 0) is 7.05 Å². The maximum atomic E-state index is 6.17. The zero-order valence-electron chi connectivity index (χ0n) is 9.31. The van der Waals surface area contributed by atoms with Crippen LogP contribution in [0.5, 0.6) is 0 Å². The Hall–Kier alpha value is -1.32.